The Morgan fingerprint density at radius 2 is 2.05 bits per heavy atom. The molecule has 0 atom stereocenters. The number of carbonyl (C=O) groups is 1. The molecule has 0 bridgehead atoms. The third-order valence-corrected chi connectivity index (χ3v) is 3.09. The molecule has 19 heavy (non-hydrogen) atoms. The van der Waals surface area contributed by atoms with Gasteiger partial charge in [0.15, 0.2) is 0 Å². The number of rotatable bonds is 7. The summed E-state index contributed by atoms with van der Waals surface area (Å²) in [6.07, 6.45) is 1.08. The number of nitrogens with zero attached hydrogens (tertiary/aromatic N) is 1. The molecule has 0 aromatic heterocycles. The summed E-state index contributed by atoms with van der Waals surface area (Å²) in [5.74, 6) is 0.878. The minimum absolute atomic E-state index is 0.00141. The molecular weight excluding hydrogens is 242 g/mol. The van der Waals surface area contributed by atoms with Crippen molar-refractivity contribution in [1.82, 2.24) is 4.90 Å². The van der Waals surface area contributed by atoms with Crippen LogP contribution < -0.4 is 4.74 Å². The number of amides is 1. The van der Waals surface area contributed by atoms with Gasteiger partial charge in [0, 0.05) is 19.0 Å². The van der Waals surface area contributed by atoms with E-state index in [0.717, 1.165) is 11.3 Å². The molecule has 1 amide bonds. The first kappa shape index (κ1) is 15.5. The molecule has 0 aliphatic carbocycles. The van der Waals surface area contributed by atoms with Gasteiger partial charge >= 0.3 is 0 Å². The Kier molecular flexibility index (Phi) is 6.36. The van der Waals surface area contributed by atoms with E-state index in [9.17, 15) is 4.79 Å². The number of aliphatic hydroxyl groups is 1. The minimum atomic E-state index is -0.00141. The van der Waals surface area contributed by atoms with Crippen molar-refractivity contribution < 1.29 is 14.6 Å². The molecule has 0 aliphatic heterocycles. The zero-order chi connectivity index (χ0) is 14.3. The van der Waals surface area contributed by atoms with Crippen LogP contribution in [0.1, 0.15) is 25.8 Å². The molecule has 1 aromatic carbocycles. The van der Waals surface area contributed by atoms with Crippen LogP contribution in [0.4, 0.5) is 0 Å². The highest BCUT2D eigenvalue weighted by Gasteiger charge is 2.16. The number of para-hydroxylation sites is 1. The van der Waals surface area contributed by atoms with Crippen LogP contribution in [0.3, 0.4) is 0 Å². The molecule has 0 saturated carbocycles. The molecule has 0 heterocycles. The zero-order valence-corrected chi connectivity index (χ0v) is 11.9. The monoisotopic (exact) mass is 265 g/mol. The smallest absolute Gasteiger partial charge is 0.223 e. The van der Waals surface area contributed by atoms with E-state index in [1.165, 1.54) is 0 Å². The summed E-state index contributed by atoms with van der Waals surface area (Å²) >= 11 is 0. The van der Waals surface area contributed by atoms with E-state index >= 15 is 0 Å². The van der Waals surface area contributed by atoms with Crippen LogP contribution in [-0.4, -0.2) is 42.2 Å². The molecule has 4 nitrogen and oxygen atoms in total. The number of benzene rings is 1. The summed E-state index contributed by atoms with van der Waals surface area (Å²) in [7, 11) is 1.63. The van der Waals surface area contributed by atoms with Crippen LogP contribution in [0.25, 0.3) is 0 Å². The quantitative estimate of drug-likeness (QED) is 0.818. The molecule has 0 fully saturated rings. The lowest BCUT2D eigenvalue weighted by Crippen LogP contribution is -2.39. The molecular formula is C15H23NO3. The second-order valence-electron chi connectivity index (χ2n) is 4.72. The number of aliphatic hydroxyl groups excluding tert-OH is 1. The van der Waals surface area contributed by atoms with Crippen LogP contribution in [0, 0.1) is 0 Å². The maximum Gasteiger partial charge on any atom is 0.223 e. The van der Waals surface area contributed by atoms with E-state index in [2.05, 4.69) is 0 Å². The van der Waals surface area contributed by atoms with Crippen LogP contribution in [0.2, 0.25) is 0 Å². The van der Waals surface area contributed by atoms with Gasteiger partial charge in [-0.05, 0) is 31.9 Å². The lowest BCUT2D eigenvalue weighted by atomic mass is 10.1. The molecule has 1 aromatic rings. The SMILES string of the molecule is COc1ccccc1CCC(=O)N(CCO)C(C)C. The molecule has 0 radical (unpaired) electrons. The minimum Gasteiger partial charge on any atom is -0.496 e. The molecule has 106 valence electrons. The molecule has 4 heteroatoms. The largest absolute Gasteiger partial charge is 0.496 e. The lowest BCUT2D eigenvalue weighted by molar-refractivity contribution is -0.133. The third-order valence-electron chi connectivity index (χ3n) is 3.09. The van der Waals surface area contributed by atoms with Crippen molar-refractivity contribution >= 4 is 5.91 Å². The fourth-order valence-corrected chi connectivity index (χ4v) is 2.07. The summed E-state index contributed by atoms with van der Waals surface area (Å²) in [4.78, 5) is 13.8. The van der Waals surface area contributed by atoms with Crippen molar-refractivity contribution in [2.24, 2.45) is 0 Å². The lowest BCUT2D eigenvalue weighted by Gasteiger charge is -2.26. The van der Waals surface area contributed by atoms with Gasteiger partial charge in [-0.3, -0.25) is 4.79 Å². The molecule has 0 saturated heterocycles. The van der Waals surface area contributed by atoms with Crippen molar-refractivity contribution in [2.45, 2.75) is 32.7 Å². The number of carbonyl (C=O) groups excluding carboxylic acids is 1. The first-order chi connectivity index (χ1) is 9.10. The van der Waals surface area contributed by atoms with Crippen molar-refractivity contribution in [3.05, 3.63) is 29.8 Å². The number of aryl methyl sites for hydroxylation is 1. The second kappa shape index (κ2) is 7.79. The van der Waals surface area contributed by atoms with Gasteiger partial charge in [-0.25, -0.2) is 0 Å². The van der Waals surface area contributed by atoms with E-state index in [-0.39, 0.29) is 18.6 Å². The average molecular weight is 265 g/mol. The van der Waals surface area contributed by atoms with Crippen LogP contribution >= 0.6 is 0 Å². The van der Waals surface area contributed by atoms with Gasteiger partial charge in [0.2, 0.25) is 5.91 Å². The highest BCUT2D eigenvalue weighted by atomic mass is 16.5. The fourth-order valence-electron chi connectivity index (χ4n) is 2.07. The average Bonchev–Trinajstić information content (AvgIpc) is 2.42. The topological polar surface area (TPSA) is 49.8 Å². The Morgan fingerprint density at radius 1 is 1.37 bits per heavy atom. The molecule has 0 spiro atoms. The summed E-state index contributed by atoms with van der Waals surface area (Å²) in [5, 5.41) is 8.99. The van der Waals surface area contributed by atoms with Gasteiger partial charge in [-0.1, -0.05) is 18.2 Å². The van der Waals surface area contributed by atoms with E-state index in [1.807, 2.05) is 38.1 Å². The predicted octanol–water partition coefficient (Wildman–Crippen LogP) is 1.86. The Bertz CT molecular complexity index is 404. The van der Waals surface area contributed by atoms with Crippen LogP contribution in [0.5, 0.6) is 5.75 Å². The van der Waals surface area contributed by atoms with Crippen molar-refractivity contribution in [1.29, 1.82) is 0 Å². The zero-order valence-electron chi connectivity index (χ0n) is 11.9. The molecule has 0 aliphatic rings. The summed E-state index contributed by atoms with van der Waals surface area (Å²) in [5.41, 5.74) is 1.03. The van der Waals surface area contributed by atoms with Crippen LogP contribution in [0.15, 0.2) is 24.3 Å². The van der Waals surface area contributed by atoms with Crippen molar-refractivity contribution in [3.8, 4) is 5.75 Å². The van der Waals surface area contributed by atoms with Crippen LogP contribution in [-0.2, 0) is 11.2 Å². The van der Waals surface area contributed by atoms with Gasteiger partial charge in [-0.2, -0.15) is 0 Å². The number of hydrogen-bond donors (Lipinski definition) is 1. The highest BCUT2D eigenvalue weighted by Crippen LogP contribution is 2.19. The van der Waals surface area contributed by atoms with E-state index in [1.54, 1.807) is 12.0 Å². The molecule has 1 rings (SSSR count). The van der Waals surface area contributed by atoms with E-state index < -0.39 is 0 Å². The summed E-state index contributed by atoms with van der Waals surface area (Å²) in [6.45, 7) is 4.30. The first-order valence-corrected chi connectivity index (χ1v) is 6.62. The van der Waals surface area contributed by atoms with E-state index in [4.69, 9.17) is 9.84 Å². The van der Waals surface area contributed by atoms with Gasteiger partial charge in [0.1, 0.15) is 5.75 Å². The fraction of sp³-hybridized carbons (Fsp3) is 0.533. The highest BCUT2D eigenvalue weighted by molar-refractivity contribution is 5.76. The first-order valence-electron chi connectivity index (χ1n) is 6.62. The second-order valence-corrected chi connectivity index (χ2v) is 4.72. The maximum atomic E-state index is 12.1. The Morgan fingerprint density at radius 3 is 2.63 bits per heavy atom. The third kappa shape index (κ3) is 4.56. The van der Waals surface area contributed by atoms with Gasteiger partial charge < -0.3 is 14.7 Å². The van der Waals surface area contributed by atoms with Gasteiger partial charge in [-0.15, -0.1) is 0 Å². The number of hydrogen-bond acceptors (Lipinski definition) is 3. The maximum absolute atomic E-state index is 12.1. The van der Waals surface area contributed by atoms with Gasteiger partial charge in [0.25, 0.3) is 0 Å². The Balaban J connectivity index is 2.62. The Labute approximate surface area is 115 Å². The number of methoxy groups -OCH3 is 1. The summed E-state index contributed by atoms with van der Waals surface area (Å²) in [6, 6.07) is 7.83. The van der Waals surface area contributed by atoms with Crippen molar-refractivity contribution in [2.75, 3.05) is 20.3 Å². The normalized spacial score (nSPS) is 10.6. The number of ether oxygens (including phenoxy) is 1. The van der Waals surface area contributed by atoms with Crippen molar-refractivity contribution in [3.63, 3.8) is 0 Å². The Hall–Kier alpha value is -1.55. The molecule has 1 N–H and O–H groups in total. The van der Waals surface area contributed by atoms with Gasteiger partial charge in [0.05, 0.1) is 13.7 Å². The molecule has 0 unspecified atom stereocenters. The summed E-state index contributed by atoms with van der Waals surface area (Å²) < 4.78 is 5.27. The predicted molar refractivity (Wildman–Crippen MR) is 75.2 cm³/mol. The standard InChI is InChI=1S/C15H23NO3/c1-12(2)16(10-11-17)15(18)9-8-13-6-4-5-7-14(13)19-3/h4-7,12,17H,8-11H2,1-3H3. The van der Waals surface area contributed by atoms with E-state index in [0.29, 0.717) is 19.4 Å².